The number of hydrogen-bond acceptors (Lipinski definition) is 4. The Morgan fingerprint density at radius 2 is 1.80 bits per heavy atom. The lowest BCUT2D eigenvalue weighted by molar-refractivity contribution is -0.151. The van der Waals surface area contributed by atoms with E-state index in [1.165, 1.54) is 0 Å². The summed E-state index contributed by atoms with van der Waals surface area (Å²) in [6.07, 6.45) is 2.81. The largest absolute Gasteiger partial charge is 0.358 e. The van der Waals surface area contributed by atoms with Crippen LogP contribution in [0, 0.1) is 17.6 Å². The zero-order valence-corrected chi connectivity index (χ0v) is 19.5. The fraction of sp³-hybridized carbons (Fsp3) is 0.407. The molecule has 0 unspecified atom stereocenters. The standard InChI is InChI=1S/C27H29F2N3O3/c28-21-8-9-23(29)22(15-21)20-14-24(18-4-2-1-3-5-18)32(16-20)27(34)26(19-6-7-19)35-17-25(33)31-12-10-30-11-13-31/h1-5,8-9,14-15,19,24,26,30H,6-7,10-13,16-17H2/t24-,26-/m0/s1. The number of piperazine rings is 1. The van der Waals surface area contributed by atoms with Crippen molar-refractivity contribution in [1.82, 2.24) is 15.1 Å². The summed E-state index contributed by atoms with van der Waals surface area (Å²) >= 11 is 0. The summed E-state index contributed by atoms with van der Waals surface area (Å²) in [5.41, 5.74) is 1.58. The van der Waals surface area contributed by atoms with E-state index < -0.39 is 23.8 Å². The van der Waals surface area contributed by atoms with Crippen molar-refractivity contribution >= 4 is 17.4 Å². The van der Waals surface area contributed by atoms with Crippen molar-refractivity contribution in [3.63, 3.8) is 0 Å². The van der Waals surface area contributed by atoms with Gasteiger partial charge in [0.1, 0.15) is 24.3 Å². The molecule has 1 saturated carbocycles. The van der Waals surface area contributed by atoms with E-state index in [1.54, 1.807) is 9.80 Å². The zero-order valence-electron chi connectivity index (χ0n) is 19.5. The molecule has 6 nitrogen and oxygen atoms in total. The second-order valence-corrected chi connectivity index (χ2v) is 9.34. The van der Waals surface area contributed by atoms with Gasteiger partial charge in [-0.3, -0.25) is 9.59 Å². The number of amides is 2. The van der Waals surface area contributed by atoms with Crippen LogP contribution in [0.3, 0.4) is 0 Å². The van der Waals surface area contributed by atoms with E-state index in [2.05, 4.69) is 5.32 Å². The number of carbonyl (C=O) groups is 2. The molecule has 0 spiro atoms. The zero-order chi connectivity index (χ0) is 24.4. The molecule has 1 aliphatic carbocycles. The van der Waals surface area contributed by atoms with Gasteiger partial charge in [-0.05, 0) is 48.1 Å². The third kappa shape index (κ3) is 5.28. The highest BCUT2D eigenvalue weighted by molar-refractivity contribution is 5.87. The summed E-state index contributed by atoms with van der Waals surface area (Å²) in [5, 5.41) is 3.21. The average molecular weight is 482 g/mol. The quantitative estimate of drug-likeness (QED) is 0.660. The molecule has 1 saturated heterocycles. The number of nitrogens with one attached hydrogen (secondary N) is 1. The predicted molar refractivity (Wildman–Crippen MR) is 127 cm³/mol. The number of hydrogen-bond donors (Lipinski definition) is 1. The molecule has 2 amide bonds. The summed E-state index contributed by atoms with van der Waals surface area (Å²) in [5.74, 6) is -1.35. The highest BCUT2D eigenvalue weighted by Crippen LogP contribution is 2.40. The highest BCUT2D eigenvalue weighted by atomic mass is 19.1. The van der Waals surface area contributed by atoms with E-state index in [9.17, 15) is 18.4 Å². The van der Waals surface area contributed by atoms with Gasteiger partial charge in [0, 0.05) is 38.3 Å². The smallest absolute Gasteiger partial charge is 0.253 e. The summed E-state index contributed by atoms with van der Waals surface area (Å²) in [4.78, 5) is 29.8. The first-order valence-corrected chi connectivity index (χ1v) is 12.1. The molecule has 184 valence electrons. The number of nitrogens with zero attached hydrogens (tertiary/aromatic N) is 2. The average Bonchev–Trinajstić information content (AvgIpc) is 3.63. The van der Waals surface area contributed by atoms with Crippen LogP contribution in [0.2, 0.25) is 0 Å². The van der Waals surface area contributed by atoms with Crippen LogP contribution in [0.15, 0.2) is 54.6 Å². The second-order valence-electron chi connectivity index (χ2n) is 9.34. The van der Waals surface area contributed by atoms with Gasteiger partial charge in [0.15, 0.2) is 0 Å². The van der Waals surface area contributed by atoms with Crippen LogP contribution in [-0.4, -0.2) is 67.0 Å². The number of benzene rings is 2. The van der Waals surface area contributed by atoms with Crippen LogP contribution >= 0.6 is 0 Å². The summed E-state index contributed by atoms with van der Waals surface area (Å²) in [6.45, 7) is 2.73. The lowest BCUT2D eigenvalue weighted by atomic mass is 10.0. The van der Waals surface area contributed by atoms with Crippen molar-refractivity contribution in [3.8, 4) is 0 Å². The van der Waals surface area contributed by atoms with Gasteiger partial charge < -0.3 is 19.9 Å². The van der Waals surface area contributed by atoms with Crippen molar-refractivity contribution in [2.75, 3.05) is 39.3 Å². The third-order valence-electron chi connectivity index (χ3n) is 6.88. The topological polar surface area (TPSA) is 61.9 Å². The van der Waals surface area contributed by atoms with Crippen molar-refractivity contribution < 1.29 is 23.1 Å². The molecule has 2 aromatic rings. The van der Waals surface area contributed by atoms with Crippen LogP contribution in [0.25, 0.3) is 5.57 Å². The van der Waals surface area contributed by atoms with Crippen LogP contribution in [-0.2, 0) is 14.3 Å². The van der Waals surface area contributed by atoms with E-state index in [0.29, 0.717) is 18.7 Å². The van der Waals surface area contributed by atoms with Crippen LogP contribution in [0.1, 0.15) is 30.0 Å². The molecular weight excluding hydrogens is 452 g/mol. The van der Waals surface area contributed by atoms with Crippen LogP contribution in [0.4, 0.5) is 8.78 Å². The molecule has 5 rings (SSSR count). The van der Waals surface area contributed by atoms with Crippen molar-refractivity contribution in [3.05, 3.63) is 77.4 Å². The van der Waals surface area contributed by atoms with Gasteiger partial charge in [0.25, 0.3) is 5.91 Å². The SMILES string of the molecule is O=C(CO[C@H](C(=O)N1CC(c2cc(F)ccc2F)=C[C@H]1c1ccccc1)C1CC1)N1CCNCC1. The fourth-order valence-electron chi connectivity index (χ4n) is 4.81. The molecule has 2 aromatic carbocycles. The molecule has 0 radical (unpaired) electrons. The Bertz CT molecular complexity index is 1110. The van der Waals surface area contributed by atoms with E-state index in [4.69, 9.17) is 4.74 Å². The van der Waals surface area contributed by atoms with Gasteiger partial charge in [0.2, 0.25) is 5.91 Å². The molecule has 2 atom stereocenters. The molecule has 1 N–H and O–H groups in total. The number of ether oxygens (including phenoxy) is 1. The van der Waals surface area contributed by atoms with Crippen LogP contribution < -0.4 is 5.32 Å². The lowest BCUT2D eigenvalue weighted by Crippen LogP contribution is -2.49. The Labute approximate surface area is 203 Å². The van der Waals surface area contributed by atoms with Gasteiger partial charge >= 0.3 is 0 Å². The number of carbonyl (C=O) groups excluding carboxylic acids is 2. The Balaban J connectivity index is 1.37. The van der Waals surface area contributed by atoms with Crippen molar-refractivity contribution in [2.24, 2.45) is 5.92 Å². The summed E-state index contributed by atoms with van der Waals surface area (Å²) in [7, 11) is 0. The molecule has 0 bridgehead atoms. The normalized spacial score (nSPS) is 21.1. The van der Waals surface area contributed by atoms with Gasteiger partial charge in [-0.25, -0.2) is 8.78 Å². The minimum atomic E-state index is -0.738. The molecule has 0 aromatic heterocycles. The molecule has 3 aliphatic rings. The van der Waals surface area contributed by atoms with Crippen molar-refractivity contribution in [2.45, 2.75) is 25.0 Å². The molecule has 2 fully saturated rings. The minimum Gasteiger partial charge on any atom is -0.358 e. The summed E-state index contributed by atoms with van der Waals surface area (Å²) in [6, 6.07) is 12.4. The molecule has 8 heteroatoms. The maximum Gasteiger partial charge on any atom is 0.253 e. The first kappa shape index (κ1) is 23.6. The lowest BCUT2D eigenvalue weighted by Gasteiger charge is -2.31. The van der Waals surface area contributed by atoms with E-state index in [0.717, 1.165) is 49.7 Å². The maximum atomic E-state index is 14.6. The Morgan fingerprint density at radius 3 is 2.51 bits per heavy atom. The van der Waals surface area contributed by atoms with Gasteiger partial charge in [-0.2, -0.15) is 0 Å². The van der Waals surface area contributed by atoms with Gasteiger partial charge in [-0.1, -0.05) is 36.4 Å². The highest BCUT2D eigenvalue weighted by Gasteiger charge is 2.43. The monoisotopic (exact) mass is 481 g/mol. The fourth-order valence-corrected chi connectivity index (χ4v) is 4.81. The number of halogens is 2. The Hall–Kier alpha value is -3.10. The molecule has 2 aliphatic heterocycles. The van der Waals surface area contributed by atoms with Crippen LogP contribution in [0.5, 0.6) is 0 Å². The van der Waals surface area contributed by atoms with E-state index in [1.807, 2.05) is 36.4 Å². The van der Waals surface area contributed by atoms with Gasteiger partial charge in [0.05, 0.1) is 6.04 Å². The first-order valence-electron chi connectivity index (χ1n) is 12.1. The first-order chi connectivity index (χ1) is 17.0. The molecule has 2 heterocycles. The molecular formula is C27H29F2N3O3. The minimum absolute atomic E-state index is 0.0599. The number of rotatable bonds is 7. The Kier molecular flexibility index (Phi) is 6.92. The Morgan fingerprint density at radius 1 is 1.06 bits per heavy atom. The van der Waals surface area contributed by atoms with E-state index >= 15 is 0 Å². The third-order valence-corrected chi connectivity index (χ3v) is 6.88. The predicted octanol–water partition coefficient (Wildman–Crippen LogP) is 3.16. The second kappa shape index (κ2) is 10.3. The van der Waals surface area contributed by atoms with E-state index in [-0.39, 0.29) is 36.4 Å². The maximum absolute atomic E-state index is 14.6. The molecule has 35 heavy (non-hydrogen) atoms. The van der Waals surface area contributed by atoms with Gasteiger partial charge in [-0.15, -0.1) is 0 Å². The van der Waals surface area contributed by atoms with Crippen molar-refractivity contribution in [1.29, 1.82) is 0 Å². The summed E-state index contributed by atoms with van der Waals surface area (Å²) < 4.78 is 34.5.